The number of hydrogen-bond acceptors (Lipinski definition) is 2. The van der Waals surface area contributed by atoms with Gasteiger partial charge in [0.2, 0.25) is 9.84 Å². The molecule has 0 spiro atoms. The van der Waals surface area contributed by atoms with E-state index in [4.69, 9.17) is 0 Å². The number of sulfone groups is 1. The van der Waals surface area contributed by atoms with Crippen molar-refractivity contribution in [1.29, 1.82) is 0 Å². The van der Waals surface area contributed by atoms with E-state index in [0.717, 1.165) is 22.3 Å². The second kappa shape index (κ2) is 5.64. The van der Waals surface area contributed by atoms with Gasteiger partial charge in [0.1, 0.15) is 0 Å². The molecule has 0 bridgehead atoms. The molecule has 0 amide bonds. The van der Waals surface area contributed by atoms with E-state index in [-0.39, 0.29) is 5.92 Å². The molecule has 2 aromatic rings. The lowest BCUT2D eigenvalue weighted by atomic mass is 10.0. The third-order valence-electron chi connectivity index (χ3n) is 3.70. The molecule has 0 aliphatic rings. The van der Waals surface area contributed by atoms with Crippen molar-refractivity contribution in [2.75, 3.05) is 0 Å². The normalized spacial score (nSPS) is 11.9. The van der Waals surface area contributed by atoms with Crippen LogP contribution < -0.4 is 0 Å². The van der Waals surface area contributed by atoms with Crippen molar-refractivity contribution in [3.63, 3.8) is 0 Å². The Bertz CT molecular complexity index is 749. The zero-order valence-electron chi connectivity index (χ0n) is 13.3. The quantitative estimate of drug-likeness (QED) is 0.832. The van der Waals surface area contributed by atoms with Gasteiger partial charge in [0.05, 0.1) is 9.79 Å². The van der Waals surface area contributed by atoms with Crippen LogP contribution in [0.4, 0.5) is 0 Å². The Labute approximate surface area is 127 Å². The molecule has 0 saturated heterocycles. The Morgan fingerprint density at radius 2 is 1.43 bits per heavy atom. The lowest BCUT2D eigenvalue weighted by molar-refractivity contribution is 0.592. The van der Waals surface area contributed by atoms with Gasteiger partial charge in [-0.25, -0.2) is 8.42 Å². The molecule has 0 fully saturated rings. The zero-order valence-corrected chi connectivity index (χ0v) is 14.1. The van der Waals surface area contributed by atoms with Crippen LogP contribution in [0.25, 0.3) is 0 Å². The predicted molar refractivity (Wildman–Crippen MR) is 86.6 cm³/mol. The van der Waals surface area contributed by atoms with Gasteiger partial charge in [0, 0.05) is 0 Å². The first-order valence-electron chi connectivity index (χ1n) is 7.17. The Kier molecular flexibility index (Phi) is 4.24. The summed E-state index contributed by atoms with van der Waals surface area (Å²) in [5, 5.41) is 0. The van der Waals surface area contributed by atoms with Crippen molar-refractivity contribution >= 4 is 9.84 Å². The highest BCUT2D eigenvalue weighted by Crippen LogP contribution is 2.32. The first-order valence-corrected chi connectivity index (χ1v) is 8.65. The molecule has 3 heteroatoms. The minimum Gasteiger partial charge on any atom is -0.218 e. The van der Waals surface area contributed by atoms with E-state index in [0.29, 0.717) is 9.79 Å². The first-order chi connectivity index (χ1) is 9.75. The number of hydrogen-bond donors (Lipinski definition) is 0. The van der Waals surface area contributed by atoms with Gasteiger partial charge in [-0.3, -0.25) is 0 Å². The molecule has 2 rings (SSSR count). The van der Waals surface area contributed by atoms with Crippen molar-refractivity contribution in [2.24, 2.45) is 0 Å². The highest BCUT2D eigenvalue weighted by atomic mass is 32.2. The molecule has 0 aromatic heterocycles. The van der Waals surface area contributed by atoms with E-state index in [9.17, 15) is 8.42 Å². The minimum absolute atomic E-state index is 0.169. The van der Waals surface area contributed by atoms with E-state index in [1.807, 2.05) is 58.9 Å². The summed E-state index contributed by atoms with van der Waals surface area (Å²) in [6, 6.07) is 11.1. The second-order valence-electron chi connectivity index (χ2n) is 5.92. The molecular weight excluding hydrogens is 280 g/mol. The van der Waals surface area contributed by atoms with Crippen LogP contribution in [0, 0.1) is 20.8 Å². The Morgan fingerprint density at radius 3 is 1.95 bits per heavy atom. The maximum absolute atomic E-state index is 13.1. The van der Waals surface area contributed by atoms with Crippen LogP contribution in [0.5, 0.6) is 0 Å². The van der Waals surface area contributed by atoms with Crippen LogP contribution in [0.1, 0.15) is 42.0 Å². The summed E-state index contributed by atoms with van der Waals surface area (Å²) in [6.07, 6.45) is 0. The van der Waals surface area contributed by atoms with Crippen LogP contribution in [0.2, 0.25) is 0 Å². The van der Waals surface area contributed by atoms with Gasteiger partial charge < -0.3 is 0 Å². The summed E-state index contributed by atoms with van der Waals surface area (Å²) in [5.74, 6) is 0.169. The van der Waals surface area contributed by atoms with E-state index in [1.54, 1.807) is 12.1 Å². The highest BCUT2D eigenvalue weighted by Gasteiger charge is 2.25. The molecule has 0 atom stereocenters. The second-order valence-corrected chi connectivity index (χ2v) is 7.78. The number of aryl methyl sites for hydroxylation is 3. The fourth-order valence-corrected chi connectivity index (χ4v) is 4.96. The largest absolute Gasteiger partial charge is 0.218 e. The third-order valence-corrected chi connectivity index (χ3v) is 5.84. The molecule has 0 radical (unpaired) electrons. The summed E-state index contributed by atoms with van der Waals surface area (Å²) in [4.78, 5) is 0.872. The van der Waals surface area contributed by atoms with Crippen LogP contribution in [0.15, 0.2) is 46.2 Å². The minimum atomic E-state index is -3.49. The molecule has 112 valence electrons. The van der Waals surface area contributed by atoms with E-state index in [1.165, 1.54) is 0 Å². The smallest absolute Gasteiger partial charge is 0.207 e. The van der Waals surface area contributed by atoms with E-state index in [2.05, 4.69) is 0 Å². The molecule has 0 N–H and O–H groups in total. The molecule has 0 unspecified atom stereocenters. The Hall–Kier alpha value is -1.61. The standard InChI is InChI=1S/C18H22O2S/c1-12(2)16-8-6-7-9-17(16)21(19,20)18-14(4)10-13(3)11-15(18)5/h6-12H,1-5H3. The average Bonchev–Trinajstić information content (AvgIpc) is 2.37. The Morgan fingerprint density at radius 1 is 0.905 bits per heavy atom. The fraction of sp³-hybridized carbons (Fsp3) is 0.333. The topological polar surface area (TPSA) is 34.1 Å². The third kappa shape index (κ3) is 2.88. The SMILES string of the molecule is Cc1cc(C)c(S(=O)(=O)c2ccccc2C(C)C)c(C)c1. The predicted octanol–water partition coefficient (Wildman–Crippen LogP) is 4.57. The molecule has 21 heavy (non-hydrogen) atoms. The summed E-state index contributed by atoms with van der Waals surface area (Å²) in [6.45, 7) is 9.75. The summed E-state index contributed by atoms with van der Waals surface area (Å²) >= 11 is 0. The molecule has 0 heterocycles. The molecule has 2 nitrogen and oxygen atoms in total. The van der Waals surface area contributed by atoms with Crippen molar-refractivity contribution in [3.8, 4) is 0 Å². The van der Waals surface area contributed by atoms with Crippen LogP contribution >= 0.6 is 0 Å². The average molecular weight is 302 g/mol. The van der Waals surface area contributed by atoms with Gasteiger partial charge in [-0.05, 0) is 49.4 Å². The summed E-state index contributed by atoms with van der Waals surface area (Å²) < 4.78 is 26.2. The van der Waals surface area contributed by atoms with Gasteiger partial charge in [-0.2, -0.15) is 0 Å². The maximum atomic E-state index is 13.1. The lowest BCUT2D eigenvalue weighted by Crippen LogP contribution is -2.10. The van der Waals surface area contributed by atoms with Crippen LogP contribution in [-0.2, 0) is 9.84 Å². The number of rotatable bonds is 3. The molecular formula is C18H22O2S. The Balaban J connectivity index is 2.75. The van der Waals surface area contributed by atoms with Crippen LogP contribution in [-0.4, -0.2) is 8.42 Å². The molecule has 0 aliphatic carbocycles. The van der Waals surface area contributed by atoms with Crippen molar-refractivity contribution in [3.05, 3.63) is 58.7 Å². The van der Waals surface area contributed by atoms with E-state index < -0.39 is 9.84 Å². The maximum Gasteiger partial charge on any atom is 0.207 e. The first kappa shape index (κ1) is 15.8. The van der Waals surface area contributed by atoms with Crippen molar-refractivity contribution in [2.45, 2.75) is 50.3 Å². The molecule has 0 saturated carbocycles. The summed E-state index contributed by atoms with van der Waals surface area (Å²) in [7, 11) is -3.49. The van der Waals surface area contributed by atoms with Crippen LogP contribution in [0.3, 0.4) is 0 Å². The van der Waals surface area contributed by atoms with Gasteiger partial charge in [-0.1, -0.05) is 49.7 Å². The molecule has 2 aromatic carbocycles. The fourth-order valence-electron chi connectivity index (χ4n) is 2.90. The highest BCUT2D eigenvalue weighted by molar-refractivity contribution is 7.91. The van der Waals surface area contributed by atoms with Gasteiger partial charge >= 0.3 is 0 Å². The number of benzene rings is 2. The van der Waals surface area contributed by atoms with Crippen molar-refractivity contribution < 1.29 is 8.42 Å². The van der Waals surface area contributed by atoms with Gasteiger partial charge in [0.15, 0.2) is 0 Å². The van der Waals surface area contributed by atoms with Crippen molar-refractivity contribution in [1.82, 2.24) is 0 Å². The van der Waals surface area contributed by atoms with Gasteiger partial charge in [0.25, 0.3) is 0 Å². The summed E-state index contributed by atoms with van der Waals surface area (Å²) in [5.41, 5.74) is 3.58. The van der Waals surface area contributed by atoms with E-state index >= 15 is 0 Å². The molecule has 0 aliphatic heterocycles. The lowest BCUT2D eigenvalue weighted by Gasteiger charge is -2.16. The zero-order chi connectivity index (χ0) is 15.8. The monoisotopic (exact) mass is 302 g/mol. The van der Waals surface area contributed by atoms with Gasteiger partial charge in [-0.15, -0.1) is 0 Å².